The number of halogens is 1. The average molecular weight is 573 g/mol. The Morgan fingerprint density at radius 3 is 2.67 bits per heavy atom. The van der Waals surface area contributed by atoms with Gasteiger partial charge in [0.25, 0.3) is 0 Å². The van der Waals surface area contributed by atoms with Crippen LogP contribution in [0.15, 0.2) is 23.2 Å². The normalized spacial score (nSPS) is 22.5. The quantitative estimate of drug-likeness (QED) is 0.255. The van der Waals surface area contributed by atoms with Gasteiger partial charge in [-0.1, -0.05) is 12.1 Å². The van der Waals surface area contributed by atoms with E-state index in [1.54, 1.807) is 0 Å². The second-order valence-corrected chi connectivity index (χ2v) is 9.28. The SMILES string of the molecule is CCNC(=NCc1ccc(C)cc1OCC1CC1)NCC(C1CCOC1)N1CCOCC1.I. The van der Waals surface area contributed by atoms with Gasteiger partial charge in [-0.25, -0.2) is 4.99 Å². The second-order valence-electron chi connectivity index (χ2n) is 9.28. The van der Waals surface area contributed by atoms with Crippen LogP contribution in [-0.4, -0.2) is 76.1 Å². The minimum atomic E-state index is 0. The van der Waals surface area contributed by atoms with Crippen LogP contribution in [0.4, 0.5) is 0 Å². The first kappa shape index (κ1) is 26.5. The van der Waals surface area contributed by atoms with Gasteiger partial charge in [0, 0.05) is 50.3 Å². The van der Waals surface area contributed by atoms with Crippen molar-refractivity contribution in [2.24, 2.45) is 16.8 Å². The molecule has 186 valence electrons. The van der Waals surface area contributed by atoms with Crippen LogP contribution in [-0.2, 0) is 16.0 Å². The fraction of sp³-hybridized carbons (Fsp3) is 0.720. The predicted molar refractivity (Wildman–Crippen MR) is 143 cm³/mol. The van der Waals surface area contributed by atoms with Gasteiger partial charge in [-0.15, -0.1) is 24.0 Å². The Kier molecular flexibility index (Phi) is 11.0. The molecule has 2 aliphatic heterocycles. The molecule has 0 amide bonds. The molecule has 0 radical (unpaired) electrons. The number of ether oxygens (including phenoxy) is 3. The maximum Gasteiger partial charge on any atom is 0.191 e. The van der Waals surface area contributed by atoms with Gasteiger partial charge in [-0.05, 0) is 50.7 Å². The average Bonchev–Trinajstić information content (AvgIpc) is 3.49. The highest BCUT2D eigenvalue weighted by Gasteiger charge is 2.31. The van der Waals surface area contributed by atoms with E-state index >= 15 is 0 Å². The van der Waals surface area contributed by atoms with Crippen molar-refractivity contribution < 1.29 is 14.2 Å². The van der Waals surface area contributed by atoms with Gasteiger partial charge in [0.05, 0.1) is 33.0 Å². The molecule has 4 rings (SSSR count). The van der Waals surface area contributed by atoms with Crippen molar-refractivity contribution in [3.05, 3.63) is 29.3 Å². The lowest BCUT2D eigenvalue weighted by atomic mass is 9.97. The third-order valence-electron chi connectivity index (χ3n) is 6.65. The summed E-state index contributed by atoms with van der Waals surface area (Å²) in [5.74, 6) is 3.13. The first-order chi connectivity index (χ1) is 15.7. The molecule has 2 N–H and O–H groups in total. The number of morpholine rings is 1. The van der Waals surface area contributed by atoms with Gasteiger partial charge in [-0.3, -0.25) is 4.90 Å². The molecule has 0 spiro atoms. The van der Waals surface area contributed by atoms with Crippen molar-refractivity contribution in [3.8, 4) is 5.75 Å². The van der Waals surface area contributed by atoms with Crippen LogP contribution in [0.25, 0.3) is 0 Å². The lowest BCUT2D eigenvalue weighted by Gasteiger charge is -2.37. The summed E-state index contributed by atoms with van der Waals surface area (Å²) in [7, 11) is 0. The molecule has 2 heterocycles. The highest BCUT2D eigenvalue weighted by molar-refractivity contribution is 14.0. The number of aliphatic imine (C=N–C) groups is 1. The molecule has 0 bridgehead atoms. The van der Waals surface area contributed by atoms with Crippen LogP contribution in [0.2, 0.25) is 0 Å². The highest BCUT2D eigenvalue weighted by atomic mass is 127. The molecule has 3 aliphatic rings. The number of nitrogens with zero attached hydrogens (tertiary/aromatic N) is 2. The fourth-order valence-corrected chi connectivity index (χ4v) is 4.49. The van der Waals surface area contributed by atoms with Gasteiger partial charge in [0.1, 0.15) is 5.75 Å². The maximum atomic E-state index is 6.14. The van der Waals surface area contributed by atoms with E-state index in [4.69, 9.17) is 19.2 Å². The van der Waals surface area contributed by atoms with Crippen molar-refractivity contribution in [3.63, 3.8) is 0 Å². The van der Waals surface area contributed by atoms with E-state index in [-0.39, 0.29) is 24.0 Å². The standard InChI is InChI=1S/C25H40N4O3.HI/c1-3-26-25(27-15-21-7-4-19(2)14-24(21)32-17-20-5-6-20)28-16-23(22-8-11-31-18-22)29-9-12-30-13-10-29;/h4,7,14,20,22-23H,3,5-6,8-13,15-18H2,1-2H3,(H2,26,27,28);1H. The third-order valence-corrected chi connectivity index (χ3v) is 6.65. The zero-order chi connectivity index (χ0) is 22.2. The van der Waals surface area contributed by atoms with Crippen molar-refractivity contribution in [1.82, 2.24) is 15.5 Å². The maximum absolute atomic E-state index is 6.14. The molecule has 33 heavy (non-hydrogen) atoms. The van der Waals surface area contributed by atoms with E-state index in [1.165, 1.54) is 18.4 Å². The molecular formula is C25H41IN4O3. The van der Waals surface area contributed by atoms with Crippen molar-refractivity contribution in [2.75, 3.05) is 59.2 Å². The van der Waals surface area contributed by atoms with Crippen molar-refractivity contribution in [1.29, 1.82) is 0 Å². The predicted octanol–water partition coefficient (Wildman–Crippen LogP) is 3.19. The van der Waals surface area contributed by atoms with Gasteiger partial charge in [-0.2, -0.15) is 0 Å². The first-order valence-electron chi connectivity index (χ1n) is 12.4. The Morgan fingerprint density at radius 1 is 1.15 bits per heavy atom. The number of rotatable bonds is 10. The van der Waals surface area contributed by atoms with Crippen LogP contribution in [0, 0.1) is 18.8 Å². The zero-order valence-corrected chi connectivity index (χ0v) is 22.5. The minimum absolute atomic E-state index is 0. The number of aryl methyl sites for hydroxylation is 1. The Balaban J connectivity index is 0.00000306. The van der Waals surface area contributed by atoms with Crippen LogP contribution in [0.3, 0.4) is 0 Å². The topological polar surface area (TPSA) is 67.4 Å². The Bertz CT molecular complexity index is 747. The van der Waals surface area contributed by atoms with Crippen LogP contribution in [0.1, 0.15) is 37.3 Å². The Morgan fingerprint density at radius 2 is 1.97 bits per heavy atom. The molecule has 1 saturated carbocycles. The van der Waals surface area contributed by atoms with E-state index < -0.39 is 0 Å². The number of guanidine groups is 1. The molecule has 0 aromatic heterocycles. The fourth-order valence-electron chi connectivity index (χ4n) is 4.49. The highest BCUT2D eigenvalue weighted by Crippen LogP contribution is 2.31. The van der Waals surface area contributed by atoms with E-state index in [1.807, 2.05) is 0 Å². The van der Waals surface area contributed by atoms with E-state index in [0.717, 1.165) is 88.8 Å². The molecular weight excluding hydrogens is 531 g/mol. The molecule has 2 atom stereocenters. The molecule has 1 aliphatic carbocycles. The van der Waals surface area contributed by atoms with Crippen molar-refractivity contribution >= 4 is 29.9 Å². The smallest absolute Gasteiger partial charge is 0.191 e. The molecule has 8 heteroatoms. The Hall–Kier alpha value is -1.10. The number of nitrogens with one attached hydrogen (secondary N) is 2. The lowest BCUT2D eigenvalue weighted by Crippen LogP contribution is -2.53. The zero-order valence-electron chi connectivity index (χ0n) is 20.2. The van der Waals surface area contributed by atoms with E-state index in [2.05, 4.69) is 47.6 Å². The summed E-state index contributed by atoms with van der Waals surface area (Å²) in [5, 5.41) is 7.03. The summed E-state index contributed by atoms with van der Waals surface area (Å²) in [5.41, 5.74) is 2.36. The molecule has 2 saturated heterocycles. The Labute approximate surface area is 216 Å². The summed E-state index contributed by atoms with van der Waals surface area (Å²) < 4.78 is 17.4. The van der Waals surface area contributed by atoms with Crippen LogP contribution < -0.4 is 15.4 Å². The van der Waals surface area contributed by atoms with Gasteiger partial charge >= 0.3 is 0 Å². The molecule has 1 aromatic rings. The van der Waals surface area contributed by atoms with E-state index in [9.17, 15) is 0 Å². The van der Waals surface area contributed by atoms with Gasteiger partial charge < -0.3 is 24.8 Å². The summed E-state index contributed by atoms with van der Waals surface area (Å²) in [6.07, 6.45) is 3.72. The number of hydrogen-bond acceptors (Lipinski definition) is 5. The summed E-state index contributed by atoms with van der Waals surface area (Å²) in [4.78, 5) is 7.46. The minimum Gasteiger partial charge on any atom is -0.493 e. The van der Waals surface area contributed by atoms with Crippen molar-refractivity contribution in [2.45, 2.75) is 45.7 Å². The lowest BCUT2D eigenvalue weighted by molar-refractivity contribution is 0.00246. The number of benzene rings is 1. The largest absolute Gasteiger partial charge is 0.493 e. The van der Waals surface area contributed by atoms with Crippen LogP contribution >= 0.6 is 24.0 Å². The van der Waals surface area contributed by atoms with Gasteiger partial charge in [0.15, 0.2) is 5.96 Å². The summed E-state index contributed by atoms with van der Waals surface area (Å²) in [6.45, 7) is 12.7. The molecule has 7 nitrogen and oxygen atoms in total. The molecule has 2 unspecified atom stereocenters. The third kappa shape index (κ3) is 8.26. The van der Waals surface area contributed by atoms with E-state index in [0.29, 0.717) is 18.5 Å². The molecule has 3 fully saturated rings. The number of hydrogen-bond donors (Lipinski definition) is 2. The second kappa shape index (κ2) is 13.7. The van der Waals surface area contributed by atoms with Gasteiger partial charge in [0.2, 0.25) is 0 Å². The summed E-state index contributed by atoms with van der Waals surface area (Å²) in [6, 6.07) is 6.87. The monoisotopic (exact) mass is 572 g/mol. The van der Waals surface area contributed by atoms with Crippen LogP contribution in [0.5, 0.6) is 5.75 Å². The first-order valence-corrected chi connectivity index (χ1v) is 12.4. The summed E-state index contributed by atoms with van der Waals surface area (Å²) >= 11 is 0. The molecule has 1 aromatic carbocycles.